The summed E-state index contributed by atoms with van der Waals surface area (Å²) in [6.07, 6.45) is 0.605. The summed E-state index contributed by atoms with van der Waals surface area (Å²) in [5.41, 5.74) is -0.575. The van der Waals surface area contributed by atoms with Crippen LogP contribution in [0.15, 0.2) is 23.6 Å². The molecule has 0 heterocycles. The van der Waals surface area contributed by atoms with E-state index in [1.807, 2.05) is 0 Å². The molecule has 1 aliphatic carbocycles. The van der Waals surface area contributed by atoms with Crippen LogP contribution in [0.3, 0.4) is 0 Å². The van der Waals surface area contributed by atoms with Crippen LogP contribution in [0.1, 0.15) is 6.92 Å². The number of hydrogen-bond acceptors (Lipinski definition) is 4. The van der Waals surface area contributed by atoms with Gasteiger partial charge in [-0.3, -0.25) is 20.2 Å². The molecular formula is C7H5F3N2O4. The van der Waals surface area contributed by atoms with Crippen molar-refractivity contribution >= 4 is 0 Å². The van der Waals surface area contributed by atoms with Gasteiger partial charge in [0.2, 0.25) is 5.83 Å². The molecule has 0 radical (unpaired) electrons. The van der Waals surface area contributed by atoms with Crippen molar-refractivity contribution in [3.63, 3.8) is 0 Å². The lowest BCUT2D eigenvalue weighted by atomic mass is 9.93. The minimum absolute atomic E-state index is 0.0220. The van der Waals surface area contributed by atoms with E-state index in [1.54, 1.807) is 0 Å². The Morgan fingerprint density at radius 2 is 1.75 bits per heavy atom. The van der Waals surface area contributed by atoms with E-state index in [0.717, 1.165) is 6.92 Å². The smallest absolute Gasteiger partial charge is 0.261 e. The molecule has 0 fully saturated rings. The maximum absolute atomic E-state index is 13.6. The fourth-order valence-corrected chi connectivity index (χ4v) is 1.22. The first-order chi connectivity index (χ1) is 7.18. The first-order valence-electron chi connectivity index (χ1n) is 3.91. The van der Waals surface area contributed by atoms with Gasteiger partial charge in [0, 0.05) is 6.08 Å². The molecule has 1 aliphatic rings. The molecule has 0 saturated heterocycles. The molecule has 0 amide bonds. The highest BCUT2D eigenvalue weighted by Gasteiger charge is 2.78. The van der Waals surface area contributed by atoms with Crippen molar-refractivity contribution in [1.82, 2.24) is 0 Å². The molecule has 0 aliphatic heterocycles. The van der Waals surface area contributed by atoms with Gasteiger partial charge in [-0.25, -0.2) is 0 Å². The van der Waals surface area contributed by atoms with Crippen LogP contribution in [0.25, 0.3) is 0 Å². The van der Waals surface area contributed by atoms with Crippen molar-refractivity contribution in [2.75, 3.05) is 0 Å². The Labute approximate surface area is 86.3 Å². The number of alkyl halides is 2. The molecule has 9 heteroatoms. The largest absolute Gasteiger partial charge is 0.515 e. The van der Waals surface area contributed by atoms with Crippen LogP contribution in [-0.2, 0) is 0 Å². The van der Waals surface area contributed by atoms with Gasteiger partial charge < -0.3 is 0 Å². The molecule has 0 aromatic heterocycles. The second-order valence-electron chi connectivity index (χ2n) is 3.14. The van der Waals surface area contributed by atoms with Crippen LogP contribution in [-0.4, -0.2) is 21.4 Å². The number of rotatable bonds is 2. The zero-order chi connectivity index (χ0) is 12.7. The van der Waals surface area contributed by atoms with Gasteiger partial charge in [-0.1, -0.05) is 0 Å². The molecule has 6 nitrogen and oxygen atoms in total. The Hall–Kier alpha value is -1.93. The Bertz CT molecular complexity index is 435. The molecule has 1 rings (SSSR count). The summed E-state index contributed by atoms with van der Waals surface area (Å²) in [6, 6.07) is 0. The summed E-state index contributed by atoms with van der Waals surface area (Å²) in [7, 11) is 0. The van der Waals surface area contributed by atoms with Crippen molar-refractivity contribution in [1.29, 1.82) is 0 Å². The maximum Gasteiger partial charge on any atom is 0.515 e. The van der Waals surface area contributed by atoms with Gasteiger partial charge in [0.1, 0.15) is 0 Å². The summed E-state index contributed by atoms with van der Waals surface area (Å²) in [5.74, 6) is -10.9. The molecule has 0 N–H and O–H groups in total. The van der Waals surface area contributed by atoms with Gasteiger partial charge in [0.15, 0.2) is 0 Å². The standard InChI is InChI=1S/C7H5F3N2O4/c1-4-2-3-6(9,11(13)14)7(10,5(4)8)12(15)16/h2-3H,1H3. The molecule has 0 spiro atoms. The third-order valence-electron chi connectivity index (χ3n) is 2.17. The van der Waals surface area contributed by atoms with E-state index in [1.165, 1.54) is 0 Å². The lowest BCUT2D eigenvalue weighted by Gasteiger charge is -2.24. The van der Waals surface area contributed by atoms with E-state index >= 15 is 0 Å². The average molecular weight is 238 g/mol. The quantitative estimate of drug-likeness (QED) is 0.416. The summed E-state index contributed by atoms with van der Waals surface area (Å²) in [5, 5.41) is 20.6. The molecule has 0 aromatic carbocycles. The summed E-state index contributed by atoms with van der Waals surface area (Å²) < 4.78 is 40.4. The SMILES string of the molecule is CC1=C(F)C(F)([N+](=O)[O-])C(F)([N+](=O)[O-])C=C1. The Morgan fingerprint density at radius 3 is 2.12 bits per heavy atom. The van der Waals surface area contributed by atoms with E-state index in [2.05, 4.69) is 0 Å². The fraction of sp³-hybridized carbons (Fsp3) is 0.429. The van der Waals surface area contributed by atoms with E-state index in [4.69, 9.17) is 0 Å². The average Bonchev–Trinajstić information content (AvgIpc) is 2.20. The van der Waals surface area contributed by atoms with E-state index in [-0.39, 0.29) is 6.08 Å². The summed E-state index contributed by atoms with van der Waals surface area (Å²) in [6.45, 7) is 0.934. The lowest BCUT2D eigenvalue weighted by Crippen LogP contribution is -2.58. The highest BCUT2D eigenvalue weighted by atomic mass is 19.2. The van der Waals surface area contributed by atoms with E-state index in [9.17, 15) is 33.4 Å². The van der Waals surface area contributed by atoms with E-state index in [0.29, 0.717) is 6.08 Å². The highest BCUT2D eigenvalue weighted by Crippen LogP contribution is 2.44. The van der Waals surface area contributed by atoms with E-state index < -0.39 is 32.8 Å². The van der Waals surface area contributed by atoms with Crippen molar-refractivity contribution in [3.8, 4) is 0 Å². The van der Waals surface area contributed by atoms with Crippen LogP contribution in [0.4, 0.5) is 13.2 Å². The Kier molecular flexibility index (Phi) is 2.49. The van der Waals surface area contributed by atoms with Crippen molar-refractivity contribution in [3.05, 3.63) is 43.8 Å². The van der Waals surface area contributed by atoms with Crippen LogP contribution >= 0.6 is 0 Å². The normalized spacial score (nSPS) is 34.0. The van der Waals surface area contributed by atoms with Crippen LogP contribution < -0.4 is 0 Å². The first kappa shape index (κ1) is 12.1. The molecular weight excluding hydrogens is 233 g/mol. The topological polar surface area (TPSA) is 86.3 Å². The molecule has 16 heavy (non-hydrogen) atoms. The predicted molar refractivity (Wildman–Crippen MR) is 44.6 cm³/mol. The number of nitro groups is 2. The van der Waals surface area contributed by atoms with Crippen LogP contribution in [0.2, 0.25) is 0 Å². The third-order valence-corrected chi connectivity index (χ3v) is 2.17. The highest BCUT2D eigenvalue weighted by molar-refractivity contribution is 5.34. The van der Waals surface area contributed by atoms with Crippen molar-refractivity contribution in [2.45, 2.75) is 18.5 Å². The number of halogens is 3. The Morgan fingerprint density at radius 1 is 1.25 bits per heavy atom. The maximum atomic E-state index is 13.6. The van der Waals surface area contributed by atoms with Crippen LogP contribution in [0, 0.1) is 20.2 Å². The molecule has 0 saturated carbocycles. The zero-order valence-electron chi connectivity index (χ0n) is 7.82. The van der Waals surface area contributed by atoms with Crippen LogP contribution in [0.5, 0.6) is 0 Å². The summed E-state index contributed by atoms with van der Waals surface area (Å²) in [4.78, 5) is 16.8. The second-order valence-corrected chi connectivity index (χ2v) is 3.14. The Balaban J connectivity index is 3.53. The van der Waals surface area contributed by atoms with Gasteiger partial charge in [-0.15, -0.1) is 4.39 Å². The molecule has 88 valence electrons. The predicted octanol–water partition coefficient (Wildman–Crippen LogP) is 1.68. The monoisotopic (exact) mass is 238 g/mol. The fourth-order valence-electron chi connectivity index (χ4n) is 1.22. The lowest BCUT2D eigenvalue weighted by molar-refractivity contribution is -0.717. The second kappa shape index (κ2) is 3.29. The van der Waals surface area contributed by atoms with Gasteiger partial charge in [-0.05, 0) is 18.6 Å². The number of nitrogens with zero attached hydrogens (tertiary/aromatic N) is 2. The number of hydrogen-bond donors (Lipinski definition) is 0. The molecule has 0 aromatic rings. The van der Waals surface area contributed by atoms with Gasteiger partial charge in [0.25, 0.3) is 0 Å². The minimum atomic E-state index is -4.53. The number of allylic oxidation sites excluding steroid dienone is 2. The van der Waals surface area contributed by atoms with Gasteiger partial charge >= 0.3 is 11.6 Å². The third kappa shape index (κ3) is 1.20. The van der Waals surface area contributed by atoms with Crippen molar-refractivity contribution < 1.29 is 23.0 Å². The van der Waals surface area contributed by atoms with Crippen molar-refractivity contribution in [2.24, 2.45) is 0 Å². The zero-order valence-corrected chi connectivity index (χ0v) is 7.82. The molecule has 2 atom stereocenters. The molecule has 2 unspecified atom stereocenters. The van der Waals surface area contributed by atoms with Gasteiger partial charge in [0.05, 0.1) is 9.85 Å². The minimum Gasteiger partial charge on any atom is -0.261 e. The first-order valence-corrected chi connectivity index (χ1v) is 3.91. The molecule has 0 bridgehead atoms. The van der Waals surface area contributed by atoms with Gasteiger partial charge in [-0.2, -0.15) is 8.78 Å². The summed E-state index contributed by atoms with van der Waals surface area (Å²) >= 11 is 0.